The molecule has 4 aromatic rings. The SMILES string of the molecule is O=C(Nc1ccc(C(=O)c2ccc3ncc(N4CCNCC4)nc3c2)cc1)Nc1ccc(F)c(C(F)(F)F)c1. The second kappa shape index (κ2) is 10.7. The molecule has 1 fully saturated rings. The van der Waals surface area contributed by atoms with Gasteiger partial charge in [-0.2, -0.15) is 13.2 Å². The number of urea groups is 1. The van der Waals surface area contributed by atoms with Gasteiger partial charge in [0.15, 0.2) is 5.78 Å². The van der Waals surface area contributed by atoms with E-state index in [1.54, 1.807) is 24.4 Å². The van der Waals surface area contributed by atoms with Crippen LogP contribution in [0.15, 0.2) is 66.9 Å². The number of aromatic nitrogens is 2. The maximum Gasteiger partial charge on any atom is 0.419 e. The minimum absolute atomic E-state index is 0.229. The summed E-state index contributed by atoms with van der Waals surface area (Å²) in [5.74, 6) is -0.946. The fraction of sp³-hybridized carbons (Fsp3) is 0.185. The number of benzene rings is 3. The summed E-state index contributed by atoms with van der Waals surface area (Å²) >= 11 is 0. The van der Waals surface area contributed by atoms with Crippen LogP contribution in [0.1, 0.15) is 21.5 Å². The Hall–Kier alpha value is -4.58. The number of anilines is 3. The number of carbonyl (C=O) groups is 2. The van der Waals surface area contributed by atoms with Crippen molar-refractivity contribution in [3.8, 4) is 0 Å². The molecule has 3 N–H and O–H groups in total. The minimum atomic E-state index is -4.90. The van der Waals surface area contributed by atoms with Crippen molar-refractivity contribution in [2.75, 3.05) is 41.7 Å². The van der Waals surface area contributed by atoms with Gasteiger partial charge in [-0.1, -0.05) is 0 Å². The monoisotopic (exact) mass is 538 g/mol. The summed E-state index contributed by atoms with van der Waals surface area (Å²) in [4.78, 5) is 36.6. The third kappa shape index (κ3) is 5.96. The molecule has 0 unspecified atom stereocenters. The smallest absolute Gasteiger partial charge is 0.353 e. The van der Waals surface area contributed by atoms with Crippen LogP contribution in [0.4, 0.5) is 39.5 Å². The first kappa shape index (κ1) is 26.0. The van der Waals surface area contributed by atoms with Crippen molar-refractivity contribution in [2.45, 2.75) is 6.18 Å². The van der Waals surface area contributed by atoms with E-state index in [2.05, 4.69) is 30.8 Å². The number of carbonyl (C=O) groups excluding carboxylic acids is 2. The van der Waals surface area contributed by atoms with Gasteiger partial charge in [0, 0.05) is 48.7 Å². The minimum Gasteiger partial charge on any atom is -0.353 e. The molecule has 0 atom stereocenters. The van der Waals surface area contributed by atoms with Crippen molar-refractivity contribution < 1.29 is 27.2 Å². The van der Waals surface area contributed by atoms with Gasteiger partial charge in [0.05, 0.1) is 22.8 Å². The third-order valence-corrected chi connectivity index (χ3v) is 6.17. The van der Waals surface area contributed by atoms with E-state index in [4.69, 9.17) is 0 Å². The number of alkyl halides is 3. The van der Waals surface area contributed by atoms with E-state index < -0.39 is 23.6 Å². The van der Waals surface area contributed by atoms with E-state index in [9.17, 15) is 27.2 Å². The highest BCUT2D eigenvalue weighted by Crippen LogP contribution is 2.33. The Labute approximate surface area is 220 Å². The summed E-state index contributed by atoms with van der Waals surface area (Å²) in [6.07, 6.45) is -3.17. The van der Waals surface area contributed by atoms with Crippen LogP contribution in [-0.4, -0.2) is 48.0 Å². The number of ketones is 1. The molecule has 2 heterocycles. The number of fused-ring (bicyclic) bond motifs is 1. The predicted octanol–water partition coefficient (Wildman–Crippen LogP) is 5.07. The molecule has 200 valence electrons. The topological polar surface area (TPSA) is 99.2 Å². The van der Waals surface area contributed by atoms with Gasteiger partial charge in [-0.05, 0) is 60.7 Å². The molecule has 3 aromatic carbocycles. The Balaban J connectivity index is 1.26. The average molecular weight is 539 g/mol. The summed E-state index contributed by atoms with van der Waals surface area (Å²) in [7, 11) is 0. The fourth-order valence-corrected chi connectivity index (χ4v) is 4.17. The molecule has 0 spiro atoms. The lowest BCUT2D eigenvalue weighted by Crippen LogP contribution is -2.43. The predicted molar refractivity (Wildman–Crippen MR) is 139 cm³/mol. The summed E-state index contributed by atoms with van der Waals surface area (Å²) in [6, 6.07) is 12.4. The first-order valence-electron chi connectivity index (χ1n) is 12.0. The largest absolute Gasteiger partial charge is 0.419 e. The van der Waals surface area contributed by atoms with E-state index >= 15 is 0 Å². The Morgan fingerprint density at radius 1 is 0.846 bits per heavy atom. The van der Waals surface area contributed by atoms with Gasteiger partial charge in [-0.15, -0.1) is 0 Å². The van der Waals surface area contributed by atoms with Crippen molar-refractivity contribution in [2.24, 2.45) is 0 Å². The van der Waals surface area contributed by atoms with Gasteiger partial charge in [-0.25, -0.2) is 14.2 Å². The van der Waals surface area contributed by atoms with Gasteiger partial charge < -0.3 is 20.9 Å². The molecule has 1 aliphatic rings. The van der Waals surface area contributed by atoms with Gasteiger partial charge in [0.25, 0.3) is 0 Å². The zero-order valence-electron chi connectivity index (χ0n) is 20.3. The number of rotatable bonds is 5. The van der Waals surface area contributed by atoms with E-state index in [1.165, 1.54) is 24.3 Å². The lowest BCUT2D eigenvalue weighted by molar-refractivity contribution is -0.139. The van der Waals surface area contributed by atoms with Crippen molar-refractivity contribution in [1.82, 2.24) is 15.3 Å². The zero-order valence-corrected chi connectivity index (χ0v) is 20.3. The molecule has 1 saturated heterocycles. The third-order valence-electron chi connectivity index (χ3n) is 6.17. The van der Waals surface area contributed by atoms with Crippen LogP contribution in [0, 0.1) is 5.82 Å². The molecule has 39 heavy (non-hydrogen) atoms. The normalized spacial score (nSPS) is 13.8. The van der Waals surface area contributed by atoms with Gasteiger partial charge in [0.2, 0.25) is 0 Å². The summed E-state index contributed by atoms with van der Waals surface area (Å²) in [6.45, 7) is 3.34. The summed E-state index contributed by atoms with van der Waals surface area (Å²) < 4.78 is 52.2. The van der Waals surface area contributed by atoms with Crippen LogP contribution in [0.25, 0.3) is 11.0 Å². The van der Waals surface area contributed by atoms with E-state index in [0.29, 0.717) is 40.0 Å². The molecule has 12 heteroatoms. The maximum absolute atomic E-state index is 13.5. The number of piperazine rings is 1. The molecule has 0 aliphatic carbocycles. The van der Waals surface area contributed by atoms with Crippen LogP contribution >= 0.6 is 0 Å². The highest BCUT2D eigenvalue weighted by Gasteiger charge is 2.34. The second-order valence-electron chi connectivity index (χ2n) is 8.85. The second-order valence-corrected chi connectivity index (χ2v) is 8.85. The van der Waals surface area contributed by atoms with Gasteiger partial charge in [0.1, 0.15) is 11.6 Å². The zero-order chi connectivity index (χ0) is 27.6. The van der Waals surface area contributed by atoms with Gasteiger partial charge >= 0.3 is 12.2 Å². The average Bonchev–Trinajstić information content (AvgIpc) is 2.93. The van der Waals surface area contributed by atoms with Crippen LogP contribution < -0.4 is 20.9 Å². The molecule has 5 rings (SSSR count). The molecule has 0 radical (unpaired) electrons. The number of amides is 2. The van der Waals surface area contributed by atoms with Crippen molar-refractivity contribution in [3.05, 3.63) is 89.4 Å². The number of hydrogen-bond acceptors (Lipinski definition) is 6. The Kier molecular flexibility index (Phi) is 7.11. The molecule has 0 bridgehead atoms. The highest BCUT2D eigenvalue weighted by atomic mass is 19.4. The Morgan fingerprint density at radius 2 is 1.51 bits per heavy atom. The molecule has 2 amide bonds. The van der Waals surface area contributed by atoms with Crippen LogP contribution in [0.2, 0.25) is 0 Å². The van der Waals surface area contributed by atoms with E-state index in [0.717, 1.165) is 38.1 Å². The first-order valence-corrected chi connectivity index (χ1v) is 12.0. The maximum atomic E-state index is 13.5. The number of halogens is 4. The molecule has 1 aromatic heterocycles. The lowest BCUT2D eigenvalue weighted by Gasteiger charge is -2.28. The number of nitrogens with one attached hydrogen (secondary N) is 3. The highest BCUT2D eigenvalue weighted by molar-refractivity contribution is 6.10. The van der Waals surface area contributed by atoms with Crippen molar-refractivity contribution in [3.63, 3.8) is 0 Å². The lowest BCUT2D eigenvalue weighted by atomic mass is 10.0. The van der Waals surface area contributed by atoms with Crippen LogP contribution in [0.3, 0.4) is 0 Å². The molecule has 0 saturated carbocycles. The molecular formula is C27H22F4N6O2. The van der Waals surface area contributed by atoms with Gasteiger partial charge in [-0.3, -0.25) is 9.78 Å². The molecule has 8 nitrogen and oxygen atoms in total. The quantitative estimate of drug-likeness (QED) is 0.242. The summed E-state index contributed by atoms with van der Waals surface area (Å²) in [5, 5.41) is 7.99. The molecular weight excluding hydrogens is 516 g/mol. The van der Waals surface area contributed by atoms with Crippen LogP contribution in [-0.2, 0) is 6.18 Å². The van der Waals surface area contributed by atoms with Crippen molar-refractivity contribution in [1.29, 1.82) is 0 Å². The Bertz CT molecular complexity index is 1540. The van der Waals surface area contributed by atoms with Crippen LogP contribution in [0.5, 0.6) is 0 Å². The van der Waals surface area contributed by atoms with E-state index in [-0.39, 0.29) is 11.5 Å². The molecule has 1 aliphatic heterocycles. The van der Waals surface area contributed by atoms with E-state index in [1.807, 2.05) is 0 Å². The Morgan fingerprint density at radius 3 is 2.23 bits per heavy atom. The fourth-order valence-electron chi connectivity index (χ4n) is 4.17. The number of nitrogens with zero attached hydrogens (tertiary/aromatic N) is 3. The van der Waals surface area contributed by atoms with Crippen molar-refractivity contribution >= 4 is 40.0 Å². The standard InChI is InChI=1S/C27H22F4N6O2/c28-21-7-6-19(14-20(21)27(29,30)31)35-26(39)34-18-4-1-16(2-5-18)25(38)17-3-8-22-23(13-17)36-24(15-33-22)37-11-9-32-10-12-37/h1-8,13-15,32H,9-12H2,(H2,34,35,39). The summed E-state index contributed by atoms with van der Waals surface area (Å²) in [5.41, 5.74) is 0.632. The number of hydrogen-bond donors (Lipinski definition) is 3. The first-order chi connectivity index (χ1) is 18.7.